The van der Waals surface area contributed by atoms with Crippen molar-refractivity contribution in [3.8, 4) is 0 Å². The first kappa shape index (κ1) is 9.71. The standard InChI is InChI=1S/C11H14N4/c1-2-9(11(12)13)15-10-6-4-3-5-8(10)7-14-15/h3-7,9H,2H2,1H3,(H3,12,13). The van der Waals surface area contributed by atoms with Crippen molar-refractivity contribution in [3.63, 3.8) is 0 Å². The summed E-state index contributed by atoms with van der Waals surface area (Å²) in [5.41, 5.74) is 6.58. The quantitative estimate of drug-likeness (QED) is 0.589. The third kappa shape index (κ3) is 1.58. The third-order valence-corrected chi connectivity index (χ3v) is 2.55. The fourth-order valence-electron chi connectivity index (χ4n) is 1.76. The van der Waals surface area contributed by atoms with Crippen LogP contribution in [-0.4, -0.2) is 15.6 Å². The number of para-hydroxylation sites is 1. The van der Waals surface area contributed by atoms with Crippen LogP contribution in [0.1, 0.15) is 19.4 Å². The van der Waals surface area contributed by atoms with Gasteiger partial charge in [0.25, 0.3) is 0 Å². The smallest absolute Gasteiger partial charge is 0.116 e. The normalized spacial score (nSPS) is 12.9. The van der Waals surface area contributed by atoms with Gasteiger partial charge in [-0.15, -0.1) is 0 Å². The molecule has 0 bridgehead atoms. The van der Waals surface area contributed by atoms with E-state index >= 15 is 0 Å². The molecule has 0 aliphatic rings. The Balaban J connectivity index is 2.55. The average molecular weight is 202 g/mol. The second-order valence-corrected chi connectivity index (χ2v) is 3.53. The molecule has 1 atom stereocenters. The van der Waals surface area contributed by atoms with Crippen molar-refractivity contribution in [3.05, 3.63) is 30.5 Å². The summed E-state index contributed by atoms with van der Waals surface area (Å²) < 4.78 is 1.82. The molecule has 0 amide bonds. The topological polar surface area (TPSA) is 67.7 Å². The molecule has 0 fully saturated rings. The fraction of sp³-hybridized carbons (Fsp3) is 0.273. The van der Waals surface area contributed by atoms with Crippen molar-refractivity contribution in [2.24, 2.45) is 5.73 Å². The van der Waals surface area contributed by atoms with E-state index in [-0.39, 0.29) is 11.9 Å². The van der Waals surface area contributed by atoms with E-state index in [9.17, 15) is 0 Å². The molecule has 0 saturated carbocycles. The van der Waals surface area contributed by atoms with E-state index in [1.54, 1.807) is 6.20 Å². The highest BCUT2D eigenvalue weighted by Gasteiger charge is 2.14. The van der Waals surface area contributed by atoms with Crippen molar-refractivity contribution in [2.75, 3.05) is 0 Å². The van der Waals surface area contributed by atoms with Crippen LogP contribution in [-0.2, 0) is 0 Å². The molecule has 1 aromatic heterocycles. The molecular weight excluding hydrogens is 188 g/mol. The molecule has 2 rings (SSSR count). The Labute approximate surface area is 88.2 Å². The highest BCUT2D eigenvalue weighted by Crippen LogP contribution is 2.19. The van der Waals surface area contributed by atoms with Crippen LogP contribution in [0.2, 0.25) is 0 Å². The van der Waals surface area contributed by atoms with E-state index in [0.717, 1.165) is 17.3 Å². The summed E-state index contributed by atoms with van der Waals surface area (Å²) in [7, 11) is 0. The molecule has 0 aliphatic carbocycles. The fourth-order valence-corrected chi connectivity index (χ4v) is 1.76. The maximum Gasteiger partial charge on any atom is 0.116 e. The number of nitrogens with zero attached hydrogens (tertiary/aromatic N) is 2. The predicted octanol–water partition coefficient (Wildman–Crippen LogP) is 1.92. The van der Waals surface area contributed by atoms with Gasteiger partial charge >= 0.3 is 0 Å². The Morgan fingerprint density at radius 1 is 1.53 bits per heavy atom. The zero-order valence-electron chi connectivity index (χ0n) is 8.64. The summed E-state index contributed by atoms with van der Waals surface area (Å²) in [5.74, 6) is 0.159. The van der Waals surface area contributed by atoms with Gasteiger partial charge in [-0.1, -0.05) is 25.1 Å². The van der Waals surface area contributed by atoms with E-state index in [2.05, 4.69) is 5.10 Å². The highest BCUT2D eigenvalue weighted by molar-refractivity contribution is 5.85. The number of benzene rings is 1. The SMILES string of the molecule is CCC(C(=N)N)n1ncc2ccccc21. The Bertz CT molecular complexity index is 486. The minimum absolute atomic E-state index is 0.134. The van der Waals surface area contributed by atoms with Gasteiger partial charge in [-0.2, -0.15) is 5.10 Å². The second-order valence-electron chi connectivity index (χ2n) is 3.53. The van der Waals surface area contributed by atoms with Gasteiger partial charge < -0.3 is 5.73 Å². The monoisotopic (exact) mass is 202 g/mol. The first-order valence-corrected chi connectivity index (χ1v) is 5.00. The largest absolute Gasteiger partial charge is 0.386 e. The van der Waals surface area contributed by atoms with Crippen molar-refractivity contribution in [1.82, 2.24) is 9.78 Å². The lowest BCUT2D eigenvalue weighted by molar-refractivity contribution is 0.563. The van der Waals surface area contributed by atoms with Crippen LogP contribution in [0.15, 0.2) is 30.5 Å². The summed E-state index contributed by atoms with van der Waals surface area (Å²) in [6.07, 6.45) is 2.59. The summed E-state index contributed by atoms with van der Waals surface area (Å²) in [6, 6.07) is 7.81. The molecule has 1 heterocycles. The lowest BCUT2D eigenvalue weighted by Crippen LogP contribution is -2.25. The van der Waals surface area contributed by atoms with Crippen LogP contribution < -0.4 is 5.73 Å². The predicted molar refractivity (Wildman–Crippen MR) is 61.0 cm³/mol. The summed E-state index contributed by atoms with van der Waals surface area (Å²) in [4.78, 5) is 0. The van der Waals surface area contributed by atoms with Gasteiger partial charge in [-0.25, -0.2) is 0 Å². The van der Waals surface area contributed by atoms with Crippen LogP contribution >= 0.6 is 0 Å². The Morgan fingerprint density at radius 3 is 2.93 bits per heavy atom. The van der Waals surface area contributed by atoms with Crippen LogP contribution in [0.25, 0.3) is 10.9 Å². The van der Waals surface area contributed by atoms with E-state index in [1.807, 2.05) is 35.9 Å². The van der Waals surface area contributed by atoms with Crippen molar-refractivity contribution in [2.45, 2.75) is 19.4 Å². The van der Waals surface area contributed by atoms with E-state index in [4.69, 9.17) is 11.1 Å². The molecular formula is C11H14N4. The number of rotatable bonds is 3. The van der Waals surface area contributed by atoms with Gasteiger partial charge in [-0.3, -0.25) is 10.1 Å². The lowest BCUT2D eigenvalue weighted by atomic mass is 10.2. The number of aromatic nitrogens is 2. The van der Waals surface area contributed by atoms with Crippen molar-refractivity contribution in [1.29, 1.82) is 5.41 Å². The number of nitrogens with one attached hydrogen (secondary N) is 1. The molecule has 3 N–H and O–H groups in total. The number of hydrogen-bond acceptors (Lipinski definition) is 2. The minimum atomic E-state index is -0.134. The Morgan fingerprint density at radius 2 is 2.27 bits per heavy atom. The highest BCUT2D eigenvalue weighted by atomic mass is 15.3. The number of fused-ring (bicyclic) bond motifs is 1. The molecule has 1 unspecified atom stereocenters. The van der Waals surface area contributed by atoms with Crippen LogP contribution in [0.3, 0.4) is 0 Å². The van der Waals surface area contributed by atoms with Crippen LogP contribution in [0, 0.1) is 5.41 Å². The van der Waals surface area contributed by atoms with E-state index < -0.39 is 0 Å². The molecule has 78 valence electrons. The molecule has 4 heteroatoms. The van der Waals surface area contributed by atoms with Gasteiger partial charge in [0.15, 0.2) is 0 Å². The summed E-state index contributed by atoms with van der Waals surface area (Å²) >= 11 is 0. The lowest BCUT2D eigenvalue weighted by Gasteiger charge is -2.14. The molecule has 0 spiro atoms. The molecule has 15 heavy (non-hydrogen) atoms. The van der Waals surface area contributed by atoms with E-state index in [0.29, 0.717) is 0 Å². The molecule has 0 aliphatic heterocycles. The van der Waals surface area contributed by atoms with Crippen LogP contribution in [0.4, 0.5) is 0 Å². The maximum absolute atomic E-state index is 7.52. The summed E-state index contributed by atoms with van der Waals surface area (Å²) in [5, 5.41) is 12.9. The van der Waals surface area contributed by atoms with Gasteiger partial charge in [0, 0.05) is 5.39 Å². The number of nitrogens with two attached hydrogens (primary N) is 1. The molecule has 0 radical (unpaired) electrons. The number of amidine groups is 1. The van der Waals surface area contributed by atoms with Crippen molar-refractivity contribution < 1.29 is 0 Å². The van der Waals surface area contributed by atoms with Gasteiger partial charge in [0.1, 0.15) is 11.9 Å². The molecule has 2 aromatic rings. The zero-order valence-corrected chi connectivity index (χ0v) is 8.64. The first-order chi connectivity index (χ1) is 7.24. The maximum atomic E-state index is 7.52. The second kappa shape index (κ2) is 3.73. The summed E-state index contributed by atoms with van der Waals surface area (Å²) in [6.45, 7) is 2.00. The van der Waals surface area contributed by atoms with Gasteiger partial charge in [0.2, 0.25) is 0 Å². The molecule has 1 aromatic carbocycles. The Kier molecular flexibility index (Phi) is 2.41. The van der Waals surface area contributed by atoms with E-state index in [1.165, 1.54) is 0 Å². The first-order valence-electron chi connectivity index (χ1n) is 5.00. The van der Waals surface area contributed by atoms with Crippen LogP contribution in [0.5, 0.6) is 0 Å². The van der Waals surface area contributed by atoms with Gasteiger partial charge in [-0.05, 0) is 12.5 Å². The van der Waals surface area contributed by atoms with Gasteiger partial charge in [0.05, 0.1) is 11.7 Å². The molecule has 4 nitrogen and oxygen atoms in total. The third-order valence-electron chi connectivity index (χ3n) is 2.55. The zero-order chi connectivity index (χ0) is 10.8. The minimum Gasteiger partial charge on any atom is -0.386 e. The Hall–Kier alpha value is -1.84. The number of hydrogen-bond donors (Lipinski definition) is 2. The van der Waals surface area contributed by atoms with Crippen molar-refractivity contribution >= 4 is 16.7 Å². The molecule has 0 saturated heterocycles. The average Bonchev–Trinajstić information content (AvgIpc) is 2.63.